The topological polar surface area (TPSA) is 76.3 Å². The zero-order valence-electron chi connectivity index (χ0n) is 17.6. The van der Waals surface area contributed by atoms with E-state index in [0.717, 1.165) is 40.1 Å². The second-order valence-corrected chi connectivity index (χ2v) is 11.0. The first-order valence-electron chi connectivity index (χ1n) is 10.3. The van der Waals surface area contributed by atoms with E-state index in [-0.39, 0.29) is 17.2 Å². The molecule has 0 atom stereocenters. The van der Waals surface area contributed by atoms with Gasteiger partial charge in [0.25, 0.3) is 11.5 Å². The van der Waals surface area contributed by atoms with E-state index in [2.05, 4.69) is 10.5 Å². The van der Waals surface area contributed by atoms with Crippen LogP contribution < -0.4 is 11.0 Å². The summed E-state index contributed by atoms with van der Waals surface area (Å²) in [5.41, 5.74) is 5.36. The molecule has 0 unspecified atom stereocenters. The Bertz CT molecular complexity index is 1440. The van der Waals surface area contributed by atoms with Gasteiger partial charge in [0, 0.05) is 14.8 Å². The highest BCUT2D eigenvalue weighted by atomic mass is 35.5. The number of thiophene rings is 2. The third-order valence-corrected chi connectivity index (χ3v) is 8.73. The Hall–Kier alpha value is -2.46. The Kier molecular flexibility index (Phi) is 6.38. The Morgan fingerprint density at radius 3 is 2.88 bits per heavy atom. The number of hydrogen-bond donors (Lipinski definition) is 1. The van der Waals surface area contributed by atoms with E-state index in [1.54, 1.807) is 57.7 Å². The Morgan fingerprint density at radius 1 is 1.30 bits per heavy atom. The van der Waals surface area contributed by atoms with E-state index >= 15 is 0 Å². The molecule has 0 saturated carbocycles. The van der Waals surface area contributed by atoms with Crippen LogP contribution in [0.5, 0.6) is 0 Å². The van der Waals surface area contributed by atoms with Gasteiger partial charge >= 0.3 is 0 Å². The lowest BCUT2D eigenvalue weighted by molar-refractivity contribution is -0.118. The van der Waals surface area contributed by atoms with E-state index in [9.17, 15) is 9.59 Å². The number of benzene rings is 1. The number of hydrogen-bond acceptors (Lipinski definition) is 7. The van der Waals surface area contributed by atoms with Crippen LogP contribution in [0.1, 0.15) is 27.3 Å². The van der Waals surface area contributed by atoms with Crippen molar-refractivity contribution in [2.45, 2.75) is 31.3 Å². The minimum Gasteiger partial charge on any atom is -0.272 e. The number of hydrazone groups is 1. The summed E-state index contributed by atoms with van der Waals surface area (Å²) < 4.78 is 1.58. The van der Waals surface area contributed by atoms with Crippen LogP contribution in [0, 0.1) is 6.92 Å². The molecule has 1 amide bonds. The normalized spacial score (nSPS) is 13.2. The average molecular weight is 515 g/mol. The number of carbonyl (C=O) groups excluding carboxylic acids is 1. The van der Waals surface area contributed by atoms with Gasteiger partial charge in [-0.05, 0) is 73.0 Å². The van der Waals surface area contributed by atoms with Crippen LogP contribution in [0.25, 0.3) is 15.9 Å². The summed E-state index contributed by atoms with van der Waals surface area (Å²) in [5.74, 6) is -0.187. The van der Waals surface area contributed by atoms with Gasteiger partial charge in [-0.1, -0.05) is 23.4 Å². The molecule has 1 aromatic carbocycles. The first kappa shape index (κ1) is 22.3. The highest BCUT2D eigenvalue weighted by molar-refractivity contribution is 7.99. The van der Waals surface area contributed by atoms with Gasteiger partial charge in [-0.3, -0.25) is 14.2 Å². The summed E-state index contributed by atoms with van der Waals surface area (Å²) in [4.78, 5) is 33.8. The molecule has 1 N–H and O–H groups in total. The lowest BCUT2D eigenvalue weighted by atomic mass is 10.2. The number of amides is 1. The van der Waals surface area contributed by atoms with Gasteiger partial charge in [0.1, 0.15) is 4.83 Å². The van der Waals surface area contributed by atoms with Crippen molar-refractivity contribution < 1.29 is 4.79 Å². The number of nitrogens with zero attached hydrogens (tertiary/aromatic N) is 3. The summed E-state index contributed by atoms with van der Waals surface area (Å²) >= 11 is 10.4. The summed E-state index contributed by atoms with van der Waals surface area (Å²) in [6, 6.07) is 9.08. The molecule has 0 bridgehead atoms. The molecule has 33 heavy (non-hydrogen) atoms. The molecule has 0 spiro atoms. The van der Waals surface area contributed by atoms with E-state index in [1.807, 2.05) is 18.4 Å². The standard InChI is InChI=1S/C23H19ClN4O2S3/c1-13-9-10-31-18(13)11-25-27-19(29)12-32-23-26-21-20(16-3-2-4-17(16)33-21)22(30)28(23)15-7-5-14(24)6-8-15/h5-11H,2-4,12H2,1H3,(H,27,29). The van der Waals surface area contributed by atoms with Crippen molar-refractivity contribution in [3.8, 4) is 5.69 Å². The van der Waals surface area contributed by atoms with Gasteiger partial charge in [-0.2, -0.15) is 5.10 Å². The maximum atomic E-state index is 13.6. The zero-order valence-corrected chi connectivity index (χ0v) is 20.8. The quantitative estimate of drug-likeness (QED) is 0.166. The molecule has 0 radical (unpaired) electrons. The predicted octanol–water partition coefficient (Wildman–Crippen LogP) is 5.20. The number of fused-ring (bicyclic) bond motifs is 3. The van der Waals surface area contributed by atoms with Gasteiger partial charge in [0.05, 0.1) is 23.0 Å². The monoisotopic (exact) mass is 514 g/mol. The largest absolute Gasteiger partial charge is 0.272 e. The van der Waals surface area contributed by atoms with Gasteiger partial charge in [0.15, 0.2) is 5.16 Å². The van der Waals surface area contributed by atoms with Crippen molar-refractivity contribution in [1.29, 1.82) is 0 Å². The number of halogens is 1. The van der Waals surface area contributed by atoms with Crippen LogP contribution in [0.4, 0.5) is 0 Å². The number of carbonyl (C=O) groups is 1. The zero-order chi connectivity index (χ0) is 22.9. The van der Waals surface area contributed by atoms with Crippen molar-refractivity contribution in [2.75, 3.05) is 5.75 Å². The van der Waals surface area contributed by atoms with Gasteiger partial charge in [-0.25, -0.2) is 10.4 Å². The molecule has 1 aliphatic rings. The predicted molar refractivity (Wildman–Crippen MR) is 138 cm³/mol. The van der Waals surface area contributed by atoms with Gasteiger partial charge in [-0.15, -0.1) is 22.7 Å². The van der Waals surface area contributed by atoms with E-state index in [0.29, 0.717) is 21.3 Å². The van der Waals surface area contributed by atoms with Crippen molar-refractivity contribution in [3.05, 3.63) is 72.0 Å². The molecule has 10 heteroatoms. The molecular weight excluding hydrogens is 496 g/mol. The molecule has 168 valence electrons. The SMILES string of the molecule is Cc1ccsc1C=NNC(=O)CSc1nc2sc3c(c2c(=O)n1-c1ccc(Cl)cc1)CCC3. The Labute approximate surface area is 207 Å². The fourth-order valence-corrected chi connectivity index (χ4v) is 6.80. The fraction of sp³-hybridized carbons (Fsp3) is 0.217. The maximum absolute atomic E-state index is 13.6. The lowest BCUT2D eigenvalue weighted by Gasteiger charge is -2.12. The minimum absolute atomic E-state index is 0.0807. The molecule has 3 aromatic heterocycles. The van der Waals surface area contributed by atoms with Crippen LogP contribution in [-0.4, -0.2) is 27.4 Å². The molecule has 5 rings (SSSR count). The van der Waals surface area contributed by atoms with E-state index < -0.39 is 0 Å². The van der Waals surface area contributed by atoms with Crippen molar-refractivity contribution >= 4 is 68.4 Å². The van der Waals surface area contributed by atoms with Gasteiger partial charge in [0.2, 0.25) is 0 Å². The smallest absolute Gasteiger partial charge is 0.267 e. The average Bonchev–Trinajstić information content (AvgIpc) is 3.49. The third-order valence-electron chi connectivity index (χ3n) is 5.40. The summed E-state index contributed by atoms with van der Waals surface area (Å²) in [6.45, 7) is 1.99. The van der Waals surface area contributed by atoms with Crippen LogP contribution in [0.3, 0.4) is 0 Å². The summed E-state index contributed by atoms with van der Waals surface area (Å²) in [7, 11) is 0. The van der Waals surface area contributed by atoms with E-state index in [4.69, 9.17) is 16.6 Å². The van der Waals surface area contributed by atoms with Crippen molar-refractivity contribution in [1.82, 2.24) is 15.0 Å². The summed E-state index contributed by atoms with van der Waals surface area (Å²) in [6.07, 6.45) is 4.61. The highest BCUT2D eigenvalue weighted by Gasteiger charge is 2.24. The third kappa shape index (κ3) is 4.50. The number of aromatic nitrogens is 2. The molecular formula is C23H19ClN4O2S3. The number of aryl methyl sites for hydroxylation is 3. The first-order valence-corrected chi connectivity index (χ1v) is 13.4. The van der Waals surface area contributed by atoms with E-state index in [1.165, 1.54) is 16.6 Å². The highest BCUT2D eigenvalue weighted by Crippen LogP contribution is 2.36. The van der Waals surface area contributed by atoms with Crippen molar-refractivity contribution in [3.63, 3.8) is 0 Å². The molecule has 6 nitrogen and oxygen atoms in total. The maximum Gasteiger partial charge on any atom is 0.267 e. The summed E-state index contributed by atoms with van der Waals surface area (Å²) in [5, 5.41) is 7.79. The number of nitrogens with one attached hydrogen (secondary N) is 1. The fourth-order valence-electron chi connectivity index (χ4n) is 3.78. The molecule has 0 fully saturated rings. The Morgan fingerprint density at radius 2 is 2.12 bits per heavy atom. The van der Waals surface area contributed by atoms with Crippen LogP contribution in [0.2, 0.25) is 5.02 Å². The molecule has 1 aliphatic carbocycles. The number of rotatable bonds is 6. The number of thioether (sulfide) groups is 1. The Balaban J connectivity index is 1.44. The van der Waals surface area contributed by atoms with Crippen molar-refractivity contribution in [2.24, 2.45) is 5.10 Å². The second-order valence-electron chi connectivity index (χ2n) is 7.60. The van der Waals surface area contributed by atoms with Crippen LogP contribution in [-0.2, 0) is 17.6 Å². The van der Waals surface area contributed by atoms with Crippen LogP contribution >= 0.6 is 46.0 Å². The van der Waals surface area contributed by atoms with Gasteiger partial charge < -0.3 is 0 Å². The molecule has 0 saturated heterocycles. The molecule has 3 heterocycles. The molecule has 4 aromatic rings. The first-order chi connectivity index (χ1) is 16.0. The minimum atomic E-state index is -0.267. The second kappa shape index (κ2) is 9.42. The molecule has 0 aliphatic heterocycles. The lowest BCUT2D eigenvalue weighted by Crippen LogP contribution is -2.24. The van der Waals surface area contributed by atoms with Crippen LogP contribution in [0.15, 0.2) is 50.8 Å².